The molecule has 1 aromatic carbocycles. The van der Waals surface area contributed by atoms with Crippen LogP contribution in [0.3, 0.4) is 0 Å². The Morgan fingerprint density at radius 1 is 1.09 bits per heavy atom. The molecule has 0 radical (unpaired) electrons. The van der Waals surface area contributed by atoms with Crippen LogP contribution in [0, 0.1) is 17.6 Å². The molecule has 7 nitrogen and oxygen atoms in total. The Morgan fingerprint density at radius 3 is 2.65 bits per heavy atom. The van der Waals surface area contributed by atoms with Crippen molar-refractivity contribution in [3.8, 4) is 11.1 Å². The second-order valence-electron chi connectivity index (χ2n) is 10.9. The van der Waals surface area contributed by atoms with Gasteiger partial charge in [-0.15, -0.1) is 0 Å². The van der Waals surface area contributed by atoms with Crippen molar-refractivity contribution in [3.63, 3.8) is 0 Å². The molecule has 13 heteroatoms. The smallest absolute Gasteiger partial charge is 0.293 e. The molecule has 220 valence electrons. The first-order chi connectivity index (χ1) is 20.6. The Bertz CT molecular complexity index is 1860. The number of fused-ring (bicyclic) bond motifs is 4. The molecule has 1 fully saturated rings. The molecule has 2 N–H and O–H groups in total. The number of carbonyl (C=O) groups is 1. The first-order valence-corrected chi connectivity index (χ1v) is 13.5. The molecule has 7 rings (SSSR count). The topological polar surface area (TPSA) is 88.5 Å². The standard InChI is InChI=1S/C30H22F6N6O/c31-16-6-14(7-17(32)10-16)8-23(26-18(2-1-4-38-26)15-9-22-21(39-12-15)3-5-37-22)40-24(43)13-42-28-25(27(41-42)29(33)34)19-11-20(19)30(28,35)36/h1-7,9-10,12,19-20,23,29,37H,8,11,13H2,(H,40,43). The Morgan fingerprint density at radius 2 is 1.88 bits per heavy atom. The van der Waals surface area contributed by atoms with Crippen LogP contribution >= 0.6 is 0 Å². The number of benzene rings is 1. The van der Waals surface area contributed by atoms with Crippen LogP contribution in [0.25, 0.3) is 22.2 Å². The predicted octanol–water partition coefficient (Wildman–Crippen LogP) is 6.35. The lowest BCUT2D eigenvalue weighted by Gasteiger charge is -2.22. The lowest BCUT2D eigenvalue weighted by molar-refractivity contribution is -0.123. The van der Waals surface area contributed by atoms with Crippen LogP contribution < -0.4 is 5.32 Å². The fourth-order valence-corrected chi connectivity index (χ4v) is 6.15. The molecule has 3 atom stereocenters. The highest BCUT2D eigenvalue weighted by Crippen LogP contribution is 2.68. The molecule has 2 aliphatic rings. The highest BCUT2D eigenvalue weighted by atomic mass is 19.3. The highest BCUT2D eigenvalue weighted by Gasteiger charge is 2.67. The van der Waals surface area contributed by atoms with Gasteiger partial charge >= 0.3 is 0 Å². The molecular weight excluding hydrogens is 574 g/mol. The van der Waals surface area contributed by atoms with Crippen LogP contribution in [0.5, 0.6) is 0 Å². The van der Waals surface area contributed by atoms with E-state index in [1.165, 1.54) is 6.20 Å². The number of carbonyl (C=O) groups excluding carboxylic acids is 1. The molecule has 0 bridgehead atoms. The maximum atomic E-state index is 15.1. The monoisotopic (exact) mass is 596 g/mol. The number of nitrogens with zero attached hydrogens (tertiary/aromatic N) is 4. The Kier molecular flexibility index (Phi) is 6.29. The molecule has 3 unspecified atom stereocenters. The van der Waals surface area contributed by atoms with Crippen LogP contribution in [-0.4, -0.2) is 30.6 Å². The highest BCUT2D eigenvalue weighted by molar-refractivity contribution is 5.82. The van der Waals surface area contributed by atoms with Crippen molar-refractivity contribution in [1.29, 1.82) is 0 Å². The molecule has 1 amide bonds. The van der Waals surface area contributed by atoms with E-state index in [0.717, 1.165) is 23.2 Å². The van der Waals surface area contributed by atoms with Gasteiger partial charge < -0.3 is 10.3 Å². The van der Waals surface area contributed by atoms with Crippen LogP contribution in [0.1, 0.15) is 53.0 Å². The van der Waals surface area contributed by atoms with Gasteiger partial charge in [0, 0.05) is 47.3 Å². The van der Waals surface area contributed by atoms with Gasteiger partial charge in [-0.3, -0.25) is 19.4 Å². The molecule has 2 aliphatic carbocycles. The minimum atomic E-state index is -3.39. The van der Waals surface area contributed by atoms with E-state index >= 15 is 8.78 Å². The number of hydrogen-bond acceptors (Lipinski definition) is 4. The third kappa shape index (κ3) is 4.72. The van der Waals surface area contributed by atoms with Crippen LogP contribution in [0.2, 0.25) is 0 Å². The number of rotatable bonds is 8. The van der Waals surface area contributed by atoms with E-state index in [1.54, 1.807) is 30.6 Å². The quantitative estimate of drug-likeness (QED) is 0.205. The third-order valence-electron chi connectivity index (χ3n) is 8.04. The van der Waals surface area contributed by atoms with Crippen molar-refractivity contribution in [2.75, 3.05) is 0 Å². The van der Waals surface area contributed by atoms with Gasteiger partial charge in [-0.1, -0.05) is 6.07 Å². The average molecular weight is 597 g/mol. The van der Waals surface area contributed by atoms with Crippen molar-refractivity contribution < 1.29 is 31.1 Å². The summed E-state index contributed by atoms with van der Waals surface area (Å²) in [7, 11) is 0. The summed E-state index contributed by atoms with van der Waals surface area (Å²) in [4.78, 5) is 25.4. The lowest BCUT2D eigenvalue weighted by Crippen LogP contribution is -2.35. The SMILES string of the molecule is O=C(Cn1nc(C(F)F)c2c1C(F)(F)C1CC21)NC(Cc1cc(F)cc(F)c1)c1ncccc1-c1cnc2cc[nH]c2c1. The second kappa shape index (κ2) is 9.96. The molecule has 0 spiro atoms. The zero-order valence-electron chi connectivity index (χ0n) is 22.2. The number of nitrogens with one attached hydrogen (secondary N) is 2. The van der Waals surface area contributed by atoms with E-state index in [1.807, 2.05) is 6.07 Å². The maximum absolute atomic E-state index is 15.1. The summed E-state index contributed by atoms with van der Waals surface area (Å²) in [5.41, 5.74) is 1.59. The Labute approximate surface area is 240 Å². The molecular formula is C30H22F6N6O. The van der Waals surface area contributed by atoms with Crippen LogP contribution in [-0.2, 0) is 23.7 Å². The Balaban J connectivity index is 1.25. The van der Waals surface area contributed by atoms with E-state index in [9.17, 15) is 22.4 Å². The lowest BCUT2D eigenvalue weighted by atomic mass is 9.96. The van der Waals surface area contributed by atoms with E-state index < -0.39 is 65.7 Å². The third-order valence-corrected chi connectivity index (χ3v) is 8.04. The number of hydrogen-bond donors (Lipinski definition) is 2. The number of alkyl halides is 4. The van der Waals surface area contributed by atoms with Crippen molar-refractivity contribution in [1.82, 2.24) is 30.0 Å². The van der Waals surface area contributed by atoms with Gasteiger partial charge in [-0.2, -0.15) is 13.9 Å². The van der Waals surface area contributed by atoms with Gasteiger partial charge in [-0.25, -0.2) is 17.6 Å². The molecule has 4 aromatic heterocycles. The second-order valence-corrected chi connectivity index (χ2v) is 10.9. The summed E-state index contributed by atoms with van der Waals surface area (Å²) >= 11 is 0. The van der Waals surface area contributed by atoms with Crippen molar-refractivity contribution in [2.24, 2.45) is 5.92 Å². The maximum Gasteiger partial charge on any atom is 0.293 e. The predicted molar refractivity (Wildman–Crippen MR) is 142 cm³/mol. The number of H-pyrrole nitrogens is 1. The molecule has 1 saturated carbocycles. The molecule has 5 aromatic rings. The van der Waals surface area contributed by atoms with Gasteiger partial charge in [0.25, 0.3) is 12.3 Å². The largest absolute Gasteiger partial charge is 0.360 e. The van der Waals surface area contributed by atoms with E-state index in [2.05, 4.69) is 25.4 Å². The zero-order valence-corrected chi connectivity index (χ0v) is 22.2. The van der Waals surface area contributed by atoms with Crippen LogP contribution in [0.4, 0.5) is 26.3 Å². The van der Waals surface area contributed by atoms with Crippen LogP contribution in [0.15, 0.2) is 61.1 Å². The van der Waals surface area contributed by atoms with E-state index in [0.29, 0.717) is 27.6 Å². The van der Waals surface area contributed by atoms with E-state index in [-0.39, 0.29) is 24.0 Å². The summed E-state index contributed by atoms with van der Waals surface area (Å²) in [6, 6.07) is 8.96. The minimum Gasteiger partial charge on any atom is -0.360 e. The number of pyridine rings is 2. The summed E-state index contributed by atoms with van der Waals surface area (Å²) in [5.74, 6) is -7.65. The summed E-state index contributed by atoms with van der Waals surface area (Å²) in [6.45, 7) is -0.768. The molecule has 4 heterocycles. The van der Waals surface area contributed by atoms with Crippen molar-refractivity contribution >= 4 is 16.9 Å². The fraction of sp³-hybridized carbons (Fsp3) is 0.267. The van der Waals surface area contributed by atoms with Crippen molar-refractivity contribution in [2.45, 2.75) is 43.7 Å². The van der Waals surface area contributed by atoms with Crippen molar-refractivity contribution in [3.05, 3.63) is 101 Å². The first-order valence-electron chi connectivity index (χ1n) is 13.5. The zero-order chi connectivity index (χ0) is 30.0. The number of aromatic amines is 1. The van der Waals surface area contributed by atoms with Gasteiger partial charge in [0.1, 0.15) is 29.6 Å². The Hall–Kier alpha value is -4.68. The normalized spacial score (nSPS) is 19.0. The average Bonchev–Trinajstić information content (AvgIpc) is 3.36. The summed E-state index contributed by atoms with van der Waals surface area (Å²) in [6.07, 6.45) is 1.71. The summed E-state index contributed by atoms with van der Waals surface area (Å²) in [5, 5.41) is 6.44. The number of aromatic nitrogens is 5. The van der Waals surface area contributed by atoms with Gasteiger partial charge in [-0.05, 0) is 54.7 Å². The number of halogens is 6. The summed E-state index contributed by atoms with van der Waals surface area (Å²) < 4.78 is 86.4. The molecule has 0 saturated heterocycles. The minimum absolute atomic E-state index is 0.0927. The number of amides is 1. The molecule has 43 heavy (non-hydrogen) atoms. The molecule has 0 aliphatic heterocycles. The van der Waals surface area contributed by atoms with Gasteiger partial charge in [0.2, 0.25) is 5.91 Å². The van der Waals surface area contributed by atoms with E-state index in [4.69, 9.17) is 0 Å². The first kappa shape index (κ1) is 27.2. The van der Waals surface area contributed by atoms with Gasteiger partial charge in [0.05, 0.1) is 22.8 Å². The fourth-order valence-electron chi connectivity index (χ4n) is 6.15. The van der Waals surface area contributed by atoms with Gasteiger partial charge in [0.15, 0.2) is 0 Å².